The van der Waals surface area contributed by atoms with Crippen molar-refractivity contribution in [2.24, 2.45) is 0 Å². The molecule has 1 aromatic heterocycles. The molecule has 0 spiro atoms. The van der Waals surface area contributed by atoms with Gasteiger partial charge in [0.25, 0.3) is 0 Å². The first-order valence-corrected chi connectivity index (χ1v) is 7.77. The van der Waals surface area contributed by atoms with E-state index in [0.717, 1.165) is 31.9 Å². The number of hydrogen-bond donors (Lipinski definition) is 1. The highest BCUT2D eigenvalue weighted by Crippen LogP contribution is 2.09. The maximum absolute atomic E-state index is 5.69. The van der Waals surface area contributed by atoms with Gasteiger partial charge in [0.15, 0.2) is 4.77 Å². The average Bonchev–Trinajstić information content (AvgIpc) is 2.88. The summed E-state index contributed by atoms with van der Waals surface area (Å²) in [5.74, 6) is 0. The van der Waals surface area contributed by atoms with Crippen molar-refractivity contribution in [3.63, 3.8) is 0 Å². The van der Waals surface area contributed by atoms with E-state index in [1.165, 1.54) is 5.56 Å². The molecule has 1 saturated heterocycles. The van der Waals surface area contributed by atoms with E-state index < -0.39 is 0 Å². The number of aromatic amines is 1. The summed E-state index contributed by atoms with van der Waals surface area (Å²) >= 11 is 5.30. The van der Waals surface area contributed by atoms with Crippen LogP contribution >= 0.6 is 12.2 Å². The van der Waals surface area contributed by atoms with Gasteiger partial charge in [0.1, 0.15) is 6.61 Å². The molecule has 2 heterocycles. The molecule has 0 bridgehead atoms. The van der Waals surface area contributed by atoms with Crippen molar-refractivity contribution in [2.45, 2.75) is 20.2 Å². The molecule has 1 fully saturated rings. The van der Waals surface area contributed by atoms with Crippen LogP contribution in [0.4, 0.5) is 0 Å². The van der Waals surface area contributed by atoms with Crippen LogP contribution in [0.2, 0.25) is 0 Å². The first kappa shape index (κ1) is 15.2. The Morgan fingerprint density at radius 1 is 1.27 bits per heavy atom. The molecule has 0 aliphatic carbocycles. The van der Waals surface area contributed by atoms with Gasteiger partial charge in [0.05, 0.1) is 19.9 Å². The van der Waals surface area contributed by atoms with E-state index in [9.17, 15) is 0 Å². The third-order valence-corrected chi connectivity index (χ3v) is 3.91. The van der Waals surface area contributed by atoms with Crippen LogP contribution in [0.25, 0.3) is 0 Å². The minimum absolute atomic E-state index is 0.457. The van der Waals surface area contributed by atoms with Crippen molar-refractivity contribution in [1.82, 2.24) is 19.7 Å². The average molecular weight is 320 g/mol. The van der Waals surface area contributed by atoms with Gasteiger partial charge in [0, 0.05) is 13.1 Å². The van der Waals surface area contributed by atoms with Crippen LogP contribution in [-0.4, -0.2) is 46.0 Å². The largest absolute Gasteiger partial charge is 0.459 e. The zero-order valence-corrected chi connectivity index (χ0v) is 13.4. The third-order valence-electron chi connectivity index (χ3n) is 3.59. The molecule has 0 unspecified atom stereocenters. The molecular formula is C15H20N4O2S. The number of nitrogens with zero attached hydrogens (tertiary/aromatic N) is 3. The van der Waals surface area contributed by atoms with E-state index in [4.69, 9.17) is 21.7 Å². The van der Waals surface area contributed by atoms with Crippen molar-refractivity contribution >= 4 is 12.2 Å². The van der Waals surface area contributed by atoms with Gasteiger partial charge in [0.2, 0.25) is 0 Å². The Labute approximate surface area is 134 Å². The van der Waals surface area contributed by atoms with E-state index in [1.54, 1.807) is 4.68 Å². The number of hydrogen-bond acceptors (Lipinski definition) is 5. The van der Waals surface area contributed by atoms with Gasteiger partial charge >= 0.3 is 6.01 Å². The number of aryl methyl sites for hydroxylation is 1. The number of ether oxygens (including phenoxy) is 2. The third kappa shape index (κ3) is 3.94. The van der Waals surface area contributed by atoms with Crippen molar-refractivity contribution in [3.05, 3.63) is 40.2 Å². The lowest BCUT2D eigenvalue weighted by molar-refractivity contribution is 0.0208. The molecule has 7 heteroatoms. The summed E-state index contributed by atoms with van der Waals surface area (Å²) < 4.78 is 13.4. The number of morpholine rings is 1. The fraction of sp³-hybridized carbons (Fsp3) is 0.467. The minimum atomic E-state index is 0.457. The second-order valence-corrected chi connectivity index (χ2v) is 5.77. The summed E-state index contributed by atoms with van der Waals surface area (Å²) in [4.78, 5) is 5.26. The molecule has 1 aliphatic rings. The van der Waals surface area contributed by atoms with E-state index in [2.05, 4.69) is 46.2 Å². The predicted octanol–water partition coefficient (Wildman–Crippen LogP) is 2.12. The maximum Gasteiger partial charge on any atom is 0.313 e. The summed E-state index contributed by atoms with van der Waals surface area (Å²) in [6, 6.07) is 8.69. The molecular weight excluding hydrogens is 300 g/mol. The second-order valence-electron chi connectivity index (χ2n) is 5.38. The predicted molar refractivity (Wildman–Crippen MR) is 85.3 cm³/mol. The molecule has 0 atom stereocenters. The summed E-state index contributed by atoms with van der Waals surface area (Å²) in [5.41, 5.74) is 2.34. The summed E-state index contributed by atoms with van der Waals surface area (Å²) in [7, 11) is 0. The summed E-state index contributed by atoms with van der Waals surface area (Å²) in [6.07, 6.45) is 0. The first-order valence-electron chi connectivity index (χ1n) is 7.36. The Morgan fingerprint density at radius 2 is 2.00 bits per heavy atom. The normalized spacial score (nSPS) is 15.9. The Bertz CT molecular complexity index is 659. The Hall–Kier alpha value is -1.70. The van der Waals surface area contributed by atoms with Gasteiger partial charge < -0.3 is 9.47 Å². The van der Waals surface area contributed by atoms with E-state index in [1.807, 2.05) is 0 Å². The number of benzene rings is 1. The van der Waals surface area contributed by atoms with Gasteiger partial charge in [-0.15, -0.1) is 5.10 Å². The molecule has 0 saturated carbocycles. The SMILES string of the molecule is Cc1ccc(COc2nn(CN3CCOCC3)c(=S)[nH]2)cc1. The number of rotatable bonds is 5. The van der Waals surface area contributed by atoms with Crippen LogP contribution in [0.1, 0.15) is 11.1 Å². The minimum Gasteiger partial charge on any atom is -0.459 e. The lowest BCUT2D eigenvalue weighted by atomic mass is 10.2. The van der Waals surface area contributed by atoms with Crippen molar-refractivity contribution in [2.75, 3.05) is 26.3 Å². The molecule has 118 valence electrons. The fourth-order valence-corrected chi connectivity index (χ4v) is 2.45. The molecule has 6 nitrogen and oxygen atoms in total. The summed E-state index contributed by atoms with van der Waals surface area (Å²) in [5, 5.41) is 4.39. The standard InChI is InChI=1S/C15H20N4O2S/c1-12-2-4-13(5-3-12)10-21-14-16-15(22)19(17-14)11-18-6-8-20-9-7-18/h2-5H,6-11H2,1H3,(H,16,17,22). The van der Waals surface area contributed by atoms with E-state index in [-0.39, 0.29) is 0 Å². The van der Waals surface area contributed by atoms with Crippen LogP contribution in [0, 0.1) is 11.7 Å². The molecule has 0 radical (unpaired) electrons. The molecule has 22 heavy (non-hydrogen) atoms. The quantitative estimate of drug-likeness (QED) is 0.855. The van der Waals surface area contributed by atoms with Crippen molar-refractivity contribution in [1.29, 1.82) is 0 Å². The maximum atomic E-state index is 5.69. The number of aromatic nitrogens is 3. The molecule has 3 rings (SSSR count). The number of nitrogens with one attached hydrogen (secondary N) is 1. The van der Waals surface area contributed by atoms with Gasteiger partial charge in [-0.05, 0) is 24.7 Å². The van der Waals surface area contributed by atoms with Crippen LogP contribution in [-0.2, 0) is 18.0 Å². The van der Waals surface area contributed by atoms with Crippen molar-refractivity contribution in [3.8, 4) is 6.01 Å². The van der Waals surface area contributed by atoms with Gasteiger partial charge in [-0.25, -0.2) is 4.68 Å². The Balaban J connectivity index is 1.59. The summed E-state index contributed by atoms with van der Waals surface area (Å²) in [6.45, 7) is 6.51. The van der Waals surface area contributed by atoms with Crippen LogP contribution < -0.4 is 4.74 Å². The molecule has 2 aromatic rings. The molecule has 1 N–H and O–H groups in total. The smallest absolute Gasteiger partial charge is 0.313 e. The lowest BCUT2D eigenvalue weighted by Gasteiger charge is -2.25. The van der Waals surface area contributed by atoms with Crippen molar-refractivity contribution < 1.29 is 9.47 Å². The van der Waals surface area contributed by atoms with Crippen LogP contribution in [0.15, 0.2) is 24.3 Å². The number of H-pyrrole nitrogens is 1. The zero-order valence-electron chi connectivity index (χ0n) is 12.6. The van der Waals surface area contributed by atoms with E-state index in [0.29, 0.717) is 24.1 Å². The second kappa shape index (κ2) is 7.04. The van der Waals surface area contributed by atoms with Crippen LogP contribution in [0.5, 0.6) is 6.01 Å². The highest BCUT2D eigenvalue weighted by molar-refractivity contribution is 7.71. The van der Waals surface area contributed by atoms with Gasteiger partial charge in [-0.2, -0.15) is 0 Å². The van der Waals surface area contributed by atoms with Gasteiger partial charge in [-0.1, -0.05) is 29.8 Å². The lowest BCUT2D eigenvalue weighted by Crippen LogP contribution is -2.37. The van der Waals surface area contributed by atoms with Crippen LogP contribution in [0.3, 0.4) is 0 Å². The Morgan fingerprint density at radius 3 is 2.73 bits per heavy atom. The van der Waals surface area contributed by atoms with Gasteiger partial charge in [-0.3, -0.25) is 9.88 Å². The topological polar surface area (TPSA) is 55.3 Å². The molecule has 1 aromatic carbocycles. The molecule has 0 amide bonds. The first-order chi connectivity index (χ1) is 10.7. The zero-order chi connectivity index (χ0) is 15.4. The Kier molecular flexibility index (Phi) is 4.87. The van der Waals surface area contributed by atoms with E-state index >= 15 is 0 Å². The monoisotopic (exact) mass is 320 g/mol. The molecule has 1 aliphatic heterocycles. The fourth-order valence-electron chi connectivity index (χ4n) is 2.26. The highest BCUT2D eigenvalue weighted by Gasteiger charge is 2.12. The highest BCUT2D eigenvalue weighted by atomic mass is 32.1.